The highest BCUT2D eigenvalue weighted by Gasteiger charge is 2.26. The summed E-state index contributed by atoms with van der Waals surface area (Å²) in [6.45, 7) is 0.0328. The van der Waals surface area contributed by atoms with E-state index >= 15 is 0 Å². The fourth-order valence-corrected chi connectivity index (χ4v) is 5.41. The lowest BCUT2D eigenvalue weighted by Gasteiger charge is -2.16. The van der Waals surface area contributed by atoms with Gasteiger partial charge in [0.05, 0.1) is 25.3 Å². The summed E-state index contributed by atoms with van der Waals surface area (Å²) < 4.78 is 23.4. The highest BCUT2D eigenvalue weighted by atomic mass is 16.7. The van der Waals surface area contributed by atoms with Crippen LogP contribution in [0.3, 0.4) is 0 Å². The first kappa shape index (κ1) is 26.1. The topological polar surface area (TPSA) is 36.9 Å². The zero-order valence-corrected chi connectivity index (χ0v) is 23.7. The van der Waals surface area contributed by atoms with Gasteiger partial charge in [-0.1, -0.05) is 72.2 Å². The van der Waals surface area contributed by atoms with Crippen LogP contribution in [-0.2, 0) is 0 Å². The summed E-state index contributed by atoms with van der Waals surface area (Å²) in [6.07, 6.45) is 0. The van der Waals surface area contributed by atoms with Gasteiger partial charge in [-0.05, 0) is 82.2 Å². The van der Waals surface area contributed by atoms with Crippen LogP contribution in [0, 0.1) is 23.7 Å². The molecule has 0 unspecified atom stereocenters. The molecule has 0 spiro atoms. The van der Waals surface area contributed by atoms with E-state index in [1.807, 2.05) is 72.8 Å². The molecule has 0 N–H and O–H groups in total. The number of rotatable bonds is 2. The third-order valence-corrected chi connectivity index (χ3v) is 7.52. The predicted octanol–water partition coefficient (Wildman–Crippen LogP) is 8.21. The molecule has 6 aromatic rings. The van der Waals surface area contributed by atoms with Crippen LogP contribution in [0.1, 0.15) is 22.3 Å². The third-order valence-electron chi connectivity index (χ3n) is 7.52. The molecule has 0 aliphatic carbocycles. The van der Waals surface area contributed by atoms with Gasteiger partial charge in [0.2, 0.25) is 6.79 Å². The molecule has 0 radical (unpaired) electrons. The minimum atomic E-state index is 0.0328. The highest BCUT2D eigenvalue weighted by molar-refractivity contribution is 6.11. The van der Waals surface area contributed by atoms with Gasteiger partial charge in [0.15, 0.2) is 0 Å². The molecule has 0 saturated heterocycles. The van der Waals surface area contributed by atoms with Gasteiger partial charge in [-0.2, -0.15) is 0 Å². The van der Waals surface area contributed by atoms with Crippen molar-refractivity contribution < 1.29 is 18.9 Å². The van der Waals surface area contributed by atoms with Crippen LogP contribution in [0.2, 0.25) is 0 Å². The lowest BCUT2D eigenvalue weighted by atomic mass is 9.89. The molecule has 0 saturated carbocycles. The maximum atomic E-state index is 6.38. The van der Waals surface area contributed by atoms with E-state index in [9.17, 15) is 0 Å². The lowest BCUT2D eigenvalue weighted by molar-refractivity contribution is 0.124. The summed E-state index contributed by atoms with van der Waals surface area (Å²) in [5.74, 6) is 16.4. The summed E-state index contributed by atoms with van der Waals surface area (Å²) >= 11 is 0. The Morgan fingerprint density at radius 1 is 0.512 bits per heavy atom. The number of methoxy groups -OCH3 is 2. The first-order valence-corrected chi connectivity index (χ1v) is 13.9. The van der Waals surface area contributed by atoms with E-state index in [4.69, 9.17) is 18.9 Å². The van der Waals surface area contributed by atoms with Gasteiger partial charge in [-0.3, -0.25) is 0 Å². The molecule has 0 aromatic heterocycles. The molecule has 0 atom stereocenters. The van der Waals surface area contributed by atoms with Gasteiger partial charge in [0.25, 0.3) is 0 Å². The molecule has 4 nitrogen and oxygen atoms in total. The largest absolute Gasteiger partial charge is 0.497 e. The van der Waals surface area contributed by atoms with Gasteiger partial charge >= 0.3 is 0 Å². The lowest BCUT2D eigenvalue weighted by Crippen LogP contribution is -2.05. The fourth-order valence-electron chi connectivity index (χ4n) is 5.41. The van der Waals surface area contributed by atoms with Gasteiger partial charge in [-0.25, -0.2) is 0 Å². The quantitative estimate of drug-likeness (QED) is 0.201. The number of benzene rings is 6. The van der Waals surface area contributed by atoms with E-state index in [1.165, 1.54) is 0 Å². The Hall–Kier alpha value is -5.84. The van der Waals surface area contributed by atoms with E-state index in [0.29, 0.717) is 11.5 Å². The van der Waals surface area contributed by atoms with Crippen molar-refractivity contribution in [2.24, 2.45) is 0 Å². The van der Waals surface area contributed by atoms with Crippen molar-refractivity contribution in [3.05, 3.63) is 131 Å². The average molecular weight is 559 g/mol. The second kappa shape index (κ2) is 11.2. The average Bonchev–Trinajstić information content (AvgIpc) is 3.28. The van der Waals surface area contributed by atoms with E-state index in [0.717, 1.165) is 66.4 Å². The van der Waals surface area contributed by atoms with Crippen molar-refractivity contribution in [1.29, 1.82) is 0 Å². The van der Waals surface area contributed by atoms with Gasteiger partial charge in [0.1, 0.15) is 23.0 Å². The monoisotopic (exact) mass is 558 g/mol. The summed E-state index contributed by atoms with van der Waals surface area (Å²) in [7, 11) is 3.31. The second-order valence-electron chi connectivity index (χ2n) is 10.1. The Balaban J connectivity index is 1.47. The summed E-state index contributed by atoms with van der Waals surface area (Å²) in [5.41, 5.74) is 5.26. The van der Waals surface area contributed by atoms with Crippen LogP contribution in [0.25, 0.3) is 32.7 Å². The van der Waals surface area contributed by atoms with Crippen LogP contribution < -0.4 is 18.9 Å². The predicted molar refractivity (Wildman–Crippen MR) is 171 cm³/mol. The van der Waals surface area contributed by atoms with Gasteiger partial charge in [0, 0.05) is 22.3 Å². The minimum absolute atomic E-state index is 0.0328. The Labute approximate surface area is 250 Å². The Bertz CT molecular complexity index is 1970. The summed E-state index contributed by atoms with van der Waals surface area (Å²) in [6, 6.07) is 36.3. The highest BCUT2D eigenvalue weighted by Crippen LogP contribution is 2.49. The smallest absolute Gasteiger partial charge is 0.231 e. The first-order valence-electron chi connectivity index (χ1n) is 13.9. The molecular weight excluding hydrogens is 532 g/mol. The molecule has 6 aromatic carbocycles. The molecular formula is C39H26O4. The van der Waals surface area contributed by atoms with Gasteiger partial charge < -0.3 is 18.9 Å². The minimum Gasteiger partial charge on any atom is -0.497 e. The zero-order valence-electron chi connectivity index (χ0n) is 23.7. The van der Waals surface area contributed by atoms with Crippen molar-refractivity contribution in [3.63, 3.8) is 0 Å². The Morgan fingerprint density at radius 2 is 0.930 bits per heavy atom. The fraction of sp³-hybridized carbons (Fsp3) is 0.0769. The number of hydrogen-bond acceptors (Lipinski definition) is 4. The van der Waals surface area contributed by atoms with Crippen molar-refractivity contribution in [1.82, 2.24) is 0 Å². The molecule has 1 heterocycles. The van der Waals surface area contributed by atoms with Crippen molar-refractivity contribution in [3.8, 4) is 57.8 Å². The molecule has 0 fully saturated rings. The molecule has 0 bridgehead atoms. The van der Waals surface area contributed by atoms with E-state index < -0.39 is 0 Å². The molecule has 206 valence electrons. The van der Waals surface area contributed by atoms with Gasteiger partial charge in [-0.15, -0.1) is 0 Å². The number of ether oxygens (including phenoxy) is 4. The second-order valence-corrected chi connectivity index (χ2v) is 10.1. The van der Waals surface area contributed by atoms with E-state index in [1.54, 1.807) is 14.2 Å². The van der Waals surface area contributed by atoms with Crippen LogP contribution in [0.15, 0.2) is 109 Å². The molecule has 7 rings (SSSR count). The molecule has 0 amide bonds. The Kier molecular flexibility index (Phi) is 6.80. The van der Waals surface area contributed by atoms with Crippen LogP contribution in [0.5, 0.6) is 23.0 Å². The van der Waals surface area contributed by atoms with E-state index in [-0.39, 0.29) is 6.79 Å². The maximum absolute atomic E-state index is 6.38. The summed E-state index contributed by atoms with van der Waals surface area (Å²) in [5, 5.41) is 4.25. The Morgan fingerprint density at radius 3 is 1.35 bits per heavy atom. The molecule has 1 aliphatic heterocycles. The van der Waals surface area contributed by atoms with Crippen LogP contribution in [0.4, 0.5) is 0 Å². The molecule has 1 aliphatic rings. The normalized spacial score (nSPS) is 11.4. The van der Waals surface area contributed by atoms with Crippen molar-refractivity contribution in [2.45, 2.75) is 0 Å². The number of fused-ring (bicyclic) bond motifs is 7. The zero-order chi connectivity index (χ0) is 29.2. The third kappa shape index (κ3) is 4.97. The standard InChI is InChI=1S/C39H26O4/c1-40-32-19-13-26(14-20-32)11-17-30-23-28-7-3-5-9-34(28)36-37-35-10-6-4-8-29(35)24-31(39(37)43-25-42-38(30)36)18-12-27-15-21-33(41-2)22-16-27/h3-10,13-16,19-24H,25H2,1-2H3. The number of hydrogen-bond donors (Lipinski definition) is 0. The molecule has 4 heteroatoms. The maximum Gasteiger partial charge on any atom is 0.231 e. The van der Waals surface area contributed by atoms with E-state index in [2.05, 4.69) is 60.1 Å². The molecule has 43 heavy (non-hydrogen) atoms. The first-order chi connectivity index (χ1) is 21.2. The van der Waals surface area contributed by atoms with Crippen molar-refractivity contribution in [2.75, 3.05) is 21.0 Å². The van der Waals surface area contributed by atoms with Crippen molar-refractivity contribution >= 4 is 21.5 Å². The summed E-state index contributed by atoms with van der Waals surface area (Å²) in [4.78, 5) is 0. The SMILES string of the molecule is COc1ccc(C#Cc2cc3ccccc3c3c2OCOc2c(C#Cc4ccc(OC)cc4)cc4ccccc4c2-3)cc1. The van der Waals surface area contributed by atoms with Crippen LogP contribution >= 0.6 is 0 Å². The van der Waals surface area contributed by atoms with Crippen LogP contribution in [-0.4, -0.2) is 21.0 Å².